The SMILES string of the molecule is CCC12CC3CC(C1)CC(C(C)(C)NC)(C3)C2. The monoisotopic (exact) mass is 235 g/mol. The van der Waals surface area contributed by atoms with Gasteiger partial charge in [0.2, 0.25) is 0 Å². The van der Waals surface area contributed by atoms with Crippen LogP contribution in [0.4, 0.5) is 0 Å². The van der Waals surface area contributed by atoms with Crippen LogP contribution < -0.4 is 5.32 Å². The van der Waals surface area contributed by atoms with Crippen LogP contribution >= 0.6 is 0 Å². The Labute approximate surface area is 107 Å². The van der Waals surface area contributed by atoms with Gasteiger partial charge < -0.3 is 5.32 Å². The normalized spacial score (nSPS) is 48.7. The highest BCUT2D eigenvalue weighted by atomic mass is 15.0. The van der Waals surface area contributed by atoms with Gasteiger partial charge in [0.15, 0.2) is 0 Å². The van der Waals surface area contributed by atoms with Gasteiger partial charge in [-0.25, -0.2) is 0 Å². The Balaban J connectivity index is 1.97. The summed E-state index contributed by atoms with van der Waals surface area (Å²) in [7, 11) is 2.16. The van der Waals surface area contributed by atoms with Crippen molar-refractivity contribution in [2.75, 3.05) is 7.05 Å². The van der Waals surface area contributed by atoms with E-state index < -0.39 is 0 Å². The third kappa shape index (κ3) is 1.54. The largest absolute Gasteiger partial charge is 0.314 e. The molecule has 0 radical (unpaired) electrons. The summed E-state index contributed by atoms with van der Waals surface area (Å²) in [6, 6.07) is 0. The molecule has 4 aliphatic rings. The van der Waals surface area contributed by atoms with E-state index in [2.05, 4.69) is 33.1 Å². The van der Waals surface area contributed by atoms with Crippen LogP contribution in [0.25, 0.3) is 0 Å². The van der Waals surface area contributed by atoms with Gasteiger partial charge in [0.1, 0.15) is 0 Å². The van der Waals surface area contributed by atoms with E-state index in [4.69, 9.17) is 0 Å². The number of hydrogen-bond donors (Lipinski definition) is 1. The third-order valence-corrected chi connectivity index (χ3v) is 6.88. The summed E-state index contributed by atoms with van der Waals surface area (Å²) in [5, 5.41) is 3.64. The van der Waals surface area contributed by atoms with Gasteiger partial charge in [0.25, 0.3) is 0 Å². The fraction of sp³-hybridized carbons (Fsp3) is 1.00. The molecule has 4 bridgehead atoms. The van der Waals surface area contributed by atoms with Gasteiger partial charge in [-0.1, -0.05) is 13.3 Å². The Hall–Kier alpha value is -0.0400. The average Bonchev–Trinajstić information content (AvgIpc) is 2.27. The highest BCUT2D eigenvalue weighted by Gasteiger charge is 2.61. The van der Waals surface area contributed by atoms with Crippen molar-refractivity contribution in [2.24, 2.45) is 22.7 Å². The zero-order valence-electron chi connectivity index (χ0n) is 12.1. The van der Waals surface area contributed by atoms with E-state index in [1.54, 1.807) is 19.3 Å². The highest BCUT2D eigenvalue weighted by molar-refractivity contribution is 5.13. The van der Waals surface area contributed by atoms with Crippen LogP contribution in [0.2, 0.25) is 0 Å². The predicted molar refractivity (Wildman–Crippen MR) is 73.0 cm³/mol. The van der Waals surface area contributed by atoms with Crippen molar-refractivity contribution in [3.8, 4) is 0 Å². The van der Waals surface area contributed by atoms with Crippen LogP contribution in [-0.4, -0.2) is 12.6 Å². The lowest BCUT2D eigenvalue weighted by Gasteiger charge is -2.66. The molecule has 1 heteroatoms. The van der Waals surface area contributed by atoms with Crippen LogP contribution in [0.1, 0.15) is 65.7 Å². The molecule has 17 heavy (non-hydrogen) atoms. The van der Waals surface area contributed by atoms with E-state index in [0.717, 1.165) is 17.3 Å². The topological polar surface area (TPSA) is 12.0 Å². The molecular formula is C16H29N. The van der Waals surface area contributed by atoms with Gasteiger partial charge in [-0.05, 0) is 82.1 Å². The van der Waals surface area contributed by atoms with Crippen LogP contribution in [0, 0.1) is 22.7 Å². The van der Waals surface area contributed by atoms with Crippen molar-refractivity contribution in [2.45, 2.75) is 71.3 Å². The van der Waals surface area contributed by atoms with Gasteiger partial charge in [-0.2, -0.15) is 0 Å². The minimum atomic E-state index is 0.325. The van der Waals surface area contributed by atoms with Crippen LogP contribution in [0.15, 0.2) is 0 Å². The standard InChI is InChI=1S/C16H29N/c1-5-15-7-12-6-13(8-15)10-16(9-12,11-15)14(2,3)17-4/h12-13,17H,5-11H2,1-4H3. The van der Waals surface area contributed by atoms with Crippen LogP contribution in [-0.2, 0) is 0 Å². The summed E-state index contributed by atoms with van der Waals surface area (Å²) in [4.78, 5) is 0. The van der Waals surface area contributed by atoms with Crippen molar-refractivity contribution < 1.29 is 0 Å². The highest BCUT2D eigenvalue weighted by Crippen LogP contribution is 2.68. The first-order chi connectivity index (χ1) is 7.94. The van der Waals surface area contributed by atoms with Crippen molar-refractivity contribution in [3.05, 3.63) is 0 Å². The lowest BCUT2D eigenvalue weighted by Crippen LogP contribution is -2.63. The fourth-order valence-electron chi connectivity index (χ4n) is 5.86. The second-order valence-corrected chi connectivity index (χ2v) is 7.97. The molecule has 0 spiro atoms. The van der Waals surface area contributed by atoms with Gasteiger partial charge in [-0.3, -0.25) is 0 Å². The Kier molecular flexibility index (Phi) is 2.47. The molecule has 98 valence electrons. The molecule has 0 aliphatic heterocycles. The van der Waals surface area contributed by atoms with Gasteiger partial charge >= 0.3 is 0 Å². The quantitative estimate of drug-likeness (QED) is 0.780. The molecule has 0 aromatic carbocycles. The molecule has 2 unspecified atom stereocenters. The van der Waals surface area contributed by atoms with Crippen molar-refractivity contribution in [1.29, 1.82) is 0 Å². The summed E-state index contributed by atoms with van der Waals surface area (Å²) in [5.74, 6) is 2.09. The van der Waals surface area contributed by atoms with Crippen molar-refractivity contribution in [3.63, 3.8) is 0 Å². The van der Waals surface area contributed by atoms with E-state index in [-0.39, 0.29) is 0 Å². The summed E-state index contributed by atoms with van der Waals surface area (Å²) in [5.41, 5.74) is 1.64. The lowest BCUT2D eigenvalue weighted by atomic mass is 9.40. The smallest absolute Gasteiger partial charge is 0.0178 e. The molecule has 0 saturated heterocycles. The van der Waals surface area contributed by atoms with E-state index in [0.29, 0.717) is 11.0 Å². The van der Waals surface area contributed by atoms with Crippen molar-refractivity contribution in [1.82, 2.24) is 5.32 Å². The maximum Gasteiger partial charge on any atom is 0.0178 e. The van der Waals surface area contributed by atoms with E-state index >= 15 is 0 Å². The molecule has 4 fully saturated rings. The third-order valence-electron chi connectivity index (χ3n) is 6.88. The Morgan fingerprint density at radius 2 is 1.71 bits per heavy atom. The molecular weight excluding hydrogens is 206 g/mol. The van der Waals surface area contributed by atoms with Crippen molar-refractivity contribution >= 4 is 0 Å². The predicted octanol–water partition coefficient (Wildman–Crippen LogP) is 3.98. The van der Waals surface area contributed by atoms with E-state index in [1.807, 2.05) is 0 Å². The summed E-state index contributed by atoms with van der Waals surface area (Å²) < 4.78 is 0. The van der Waals surface area contributed by atoms with E-state index in [9.17, 15) is 0 Å². The summed E-state index contributed by atoms with van der Waals surface area (Å²) in [6.45, 7) is 7.33. The molecule has 0 aromatic rings. The second kappa shape index (κ2) is 3.50. The van der Waals surface area contributed by atoms with Gasteiger partial charge in [0, 0.05) is 5.54 Å². The Bertz CT molecular complexity index is 303. The molecule has 4 rings (SSSR count). The second-order valence-electron chi connectivity index (χ2n) is 7.97. The van der Waals surface area contributed by atoms with Gasteiger partial charge in [-0.15, -0.1) is 0 Å². The molecule has 2 atom stereocenters. The lowest BCUT2D eigenvalue weighted by molar-refractivity contribution is -0.144. The fourth-order valence-corrected chi connectivity index (χ4v) is 5.86. The maximum absolute atomic E-state index is 3.64. The molecule has 4 saturated carbocycles. The first-order valence-corrected chi connectivity index (χ1v) is 7.63. The average molecular weight is 235 g/mol. The molecule has 4 aliphatic carbocycles. The first-order valence-electron chi connectivity index (χ1n) is 7.63. The summed E-state index contributed by atoms with van der Waals surface area (Å²) in [6.07, 6.45) is 10.5. The maximum atomic E-state index is 3.64. The van der Waals surface area contributed by atoms with Crippen LogP contribution in [0.5, 0.6) is 0 Å². The van der Waals surface area contributed by atoms with Gasteiger partial charge in [0.05, 0.1) is 0 Å². The number of hydrogen-bond acceptors (Lipinski definition) is 1. The minimum Gasteiger partial charge on any atom is -0.314 e. The molecule has 0 heterocycles. The zero-order chi connectivity index (χ0) is 12.3. The summed E-state index contributed by atoms with van der Waals surface area (Å²) >= 11 is 0. The van der Waals surface area contributed by atoms with E-state index in [1.165, 1.54) is 25.7 Å². The number of rotatable bonds is 3. The number of nitrogens with one attached hydrogen (secondary N) is 1. The molecule has 1 N–H and O–H groups in total. The van der Waals surface area contributed by atoms with Crippen LogP contribution in [0.3, 0.4) is 0 Å². The Morgan fingerprint density at radius 3 is 2.18 bits per heavy atom. The molecule has 0 amide bonds. The molecule has 0 aromatic heterocycles. The Morgan fingerprint density at radius 1 is 1.12 bits per heavy atom. The minimum absolute atomic E-state index is 0.325. The molecule has 1 nitrogen and oxygen atoms in total. The zero-order valence-corrected chi connectivity index (χ0v) is 12.1. The first kappa shape index (κ1) is 12.0.